The van der Waals surface area contributed by atoms with E-state index >= 15 is 0 Å². The standard InChI is InChI=1S/C28H31N5O2S/c1-31-11-13-32(14-12-31)22-7-5-19(6-8-22)20-9-10-33-24(17-29-27(33)16-20)21-15-26(36-18-21)28(35)30-23-3-2-4-25(23)34/h5-10,15-18,23,25,34H,2-4,11-14H2,1H3,(H,30,35)/t23-,25-/m1/s1. The number of anilines is 1. The maximum absolute atomic E-state index is 12.7. The number of nitrogens with one attached hydrogen (secondary N) is 1. The smallest absolute Gasteiger partial charge is 0.261 e. The molecule has 0 bridgehead atoms. The molecule has 3 aromatic heterocycles. The van der Waals surface area contributed by atoms with E-state index in [9.17, 15) is 9.90 Å². The Morgan fingerprint density at radius 1 is 1.03 bits per heavy atom. The highest BCUT2D eigenvalue weighted by Gasteiger charge is 2.27. The number of amides is 1. The van der Waals surface area contributed by atoms with Crippen LogP contribution in [0.5, 0.6) is 0 Å². The number of aliphatic hydroxyl groups is 1. The van der Waals surface area contributed by atoms with Gasteiger partial charge in [0.2, 0.25) is 0 Å². The Morgan fingerprint density at radius 3 is 2.58 bits per heavy atom. The number of hydrogen-bond donors (Lipinski definition) is 2. The Kier molecular flexibility index (Phi) is 6.25. The summed E-state index contributed by atoms with van der Waals surface area (Å²) in [6, 6.07) is 14.8. The van der Waals surface area contributed by atoms with Gasteiger partial charge in [-0.1, -0.05) is 12.1 Å². The third-order valence-corrected chi connectivity index (χ3v) is 8.43. The van der Waals surface area contributed by atoms with Crippen LogP contribution in [0.1, 0.15) is 28.9 Å². The first-order chi connectivity index (χ1) is 17.5. The molecule has 6 rings (SSSR count). The van der Waals surface area contributed by atoms with Gasteiger partial charge in [0.1, 0.15) is 5.65 Å². The van der Waals surface area contributed by atoms with E-state index in [1.54, 1.807) is 0 Å². The van der Waals surface area contributed by atoms with Crippen LogP contribution in [-0.4, -0.2) is 70.7 Å². The lowest BCUT2D eigenvalue weighted by Gasteiger charge is -2.34. The van der Waals surface area contributed by atoms with Gasteiger partial charge in [-0.25, -0.2) is 4.98 Å². The van der Waals surface area contributed by atoms with Crippen LogP contribution >= 0.6 is 11.3 Å². The van der Waals surface area contributed by atoms with Gasteiger partial charge < -0.3 is 20.2 Å². The number of rotatable bonds is 5. The van der Waals surface area contributed by atoms with Crippen LogP contribution in [0.3, 0.4) is 0 Å². The molecule has 186 valence electrons. The van der Waals surface area contributed by atoms with E-state index in [2.05, 4.69) is 67.9 Å². The molecule has 1 aromatic carbocycles. The number of piperazine rings is 1. The molecule has 4 heterocycles. The van der Waals surface area contributed by atoms with E-state index in [-0.39, 0.29) is 11.9 Å². The first-order valence-electron chi connectivity index (χ1n) is 12.6. The minimum atomic E-state index is -0.440. The predicted molar refractivity (Wildman–Crippen MR) is 145 cm³/mol. The minimum Gasteiger partial charge on any atom is -0.391 e. The third kappa shape index (κ3) is 4.52. The number of carbonyl (C=O) groups is 1. The van der Waals surface area contributed by atoms with E-state index < -0.39 is 6.10 Å². The molecule has 1 aliphatic heterocycles. The molecular formula is C28H31N5O2S. The van der Waals surface area contributed by atoms with Crippen molar-refractivity contribution in [3.8, 4) is 22.4 Å². The summed E-state index contributed by atoms with van der Waals surface area (Å²) in [6.45, 7) is 4.32. The summed E-state index contributed by atoms with van der Waals surface area (Å²) >= 11 is 1.42. The zero-order chi connectivity index (χ0) is 24.6. The van der Waals surface area contributed by atoms with Crippen LogP contribution < -0.4 is 10.2 Å². The average Bonchev–Trinajstić information content (AvgIpc) is 3.64. The number of hydrogen-bond acceptors (Lipinski definition) is 6. The zero-order valence-electron chi connectivity index (χ0n) is 20.4. The van der Waals surface area contributed by atoms with Gasteiger partial charge in [0.25, 0.3) is 5.91 Å². The number of likely N-dealkylation sites (N-methyl/N-ethyl adjacent to an activating group) is 1. The van der Waals surface area contributed by atoms with Gasteiger partial charge in [-0.3, -0.25) is 9.20 Å². The summed E-state index contributed by atoms with van der Waals surface area (Å²) in [5.74, 6) is -0.117. The fourth-order valence-electron chi connectivity index (χ4n) is 5.24. The van der Waals surface area contributed by atoms with Crippen molar-refractivity contribution in [2.75, 3.05) is 38.1 Å². The SMILES string of the molecule is CN1CCN(c2ccc(-c3ccn4c(-c5csc(C(=O)N[C@@H]6CCC[C@H]6O)c5)cnc4c3)cc2)CC1. The summed E-state index contributed by atoms with van der Waals surface area (Å²) in [5.41, 5.74) is 6.37. The van der Waals surface area contributed by atoms with Crippen molar-refractivity contribution in [2.45, 2.75) is 31.4 Å². The van der Waals surface area contributed by atoms with Crippen molar-refractivity contribution >= 4 is 28.6 Å². The highest BCUT2D eigenvalue weighted by atomic mass is 32.1. The fraction of sp³-hybridized carbons (Fsp3) is 0.357. The number of fused-ring (bicyclic) bond motifs is 1. The number of aliphatic hydroxyl groups excluding tert-OH is 1. The van der Waals surface area contributed by atoms with Crippen LogP contribution in [0.15, 0.2) is 60.2 Å². The van der Waals surface area contributed by atoms with Crippen LogP contribution in [0, 0.1) is 0 Å². The number of aromatic nitrogens is 2. The number of pyridine rings is 1. The molecule has 1 amide bonds. The molecule has 1 aliphatic carbocycles. The number of carbonyl (C=O) groups excluding carboxylic acids is 1. The molecule has 7 nitrogen and oxygen atoms in total. The van der Waals surface area contributed by atoms with E-state index in [1.165, 1.54) is 22.6 Å². The van der Waals surface area contributed by atoms with Crippen LogP contribution in [0.2, 0.25) is 0 Å². The summed E-state index contributed by atoms with van der Waals surface area (Å²) in [6.07, 6.45) is 6.01. The molecule has 1 saturated heterocycles. The van der Waals surface area contributed by atoms with Crippen molar-refractivity contribution in [1.82, 2.24) is 19.6 Å². The van der Waals surface area contributed by atoms with Crippen LogP contribution in [-0.2, 0) is 0 Å². The van der Waals surface area contributed by atoms with Gasteiger partial charge in [-0.2, -0.15) is 0 Å². The molecule has 2 aliphatic rings. The summed E-state index contributed by atoms with van der Waals surface area (Å²) in [7, 11) is 2.18. The number of benzene rings is 1. The van der Waals surface area contributed by atoms with Gasteiger partial charge in [0.05, 0.1) is 28.9 Å². The summed E-state index contributed by atoms with van der Waals surface area (Å²) in [5, 5.41) is 15.0. The largest absolute Gasteiger partial charge is 0.391 e. The quantitative estimate of drug-likeness (QED) is 0.430. The zero-order valence-corrected chi connectivity index (χ0v) is 21.2. The second kappa shape index (κ2) is 9.69. The summed E-state index contributed by atoms with van der Waals surface area (Å²) in [4.78, 5) is 22.8. The Labute approximate surface area is 215 Å². The third-order valence-electron chi connectivity index (χ3n) is 7.50. The van der Waals surface area contributed by atoms with Crippen LogP contribution in [0.25, 0.3) is 28.0 Å². The van der Waals surface area contributed by atoms with Crippen molar-refractivity contribution in [3.63, 3.8) is 0 Å². The topological polar surface area (TPSA) is 73.1 Å². The predicted octanol–water partition coefficient (Wildman–Crippen LogP) is 4.12. The lowest BCUT2D eigenvalue weighted by molar-refractivity contribution is 0.0877. The lowest BCUT2D eigenvalue weighted by Crippen LogP contribution is -2.44. The molecule has 2 fully saturated rings. The van der Waals surface area contributed by atoms with Gasteiger partial charge in [-0.05, 0) is 67.8 Å². The average molecular weight is 502 g/mol. The molecule has 2 atom stereocenters. The van der Waals surface area contributed by atoms with Crippen molar-refractivity contribution in [2.24, 2.45) is 0 Å². The highest BCUT2D eigenvalue weighted by Crippen LogP contribution is 2.30. The molecule has 8 heteroatoms. The monoisotopic (exact) mass is 501 g/mol. The van der Waals surface area contributed by atoms with Crippen molar-refractivity contribution in [1.29, 1.82) is 0 Å². The van der Waals surface area contributed by atoms with Crippen LogP contribution in [0.4, 0.5) is 5.69 Å². The summed E-state index contributed by atoms with van der Waals surface area (Å²) < 4.78 is 2.06. The normalized spacial score (nSPS) is 20.8. The molecule has 4 aromatic rings. The van der Waals surface area contributed by atoms with Gasteiger partial charge in [0, 0.05) is 49.0 Å². The van der Waals surface area contributed by atoms with Crippen molar-refractivity contribution < 1.29 is 9.90 Å². The first-order valence-corrected chi connectivity index (χ1v) is 13.5. The Hall–Kier alpha value is -3.20. The Morgan fingerprint density at radius 2 is 1.83 bits per heavy atom. The molecule has 36 heavy (non-hydrogen) atoms. The second-order valence-electron chi connectivity index (χ2n) is 9.90. The molecule has 0 spiro atoms. The maximum atomic E-state index is 12.7. The first kappa shape index (κ1) is 23.2. The van der Waals surface area contributed by atoms with E-state index in [0.29, 0.717) is 4.88 Å². The fourth-order valence-corrected chi connectivity index (χ4v) is 6.04. The number of thiophene rings is 1. The van der Waals surface area contributed by atoms with E-state index in [4.69, 9.17) is 0 Å². The van der Waals surface area contributed by atoms with E-state index in [0.717, 1.165) is 67.9 Å². The molecule has 0 radical (unpaired) electrons. The second-order valence-corrected chi connectivity index (χ2v) is 10.8. The molecule has 2 N–H and O–H groups in total. The number of imidazole rings is 1. The lowest BCUT2D eigenvalue weighted by atomic mass is 10.1. The van der Waals surface area contributed by atoms with Gasteiger partial charge in [0.15, 0.2) is 0 Å². The Bertz CT molecular complexity index is 1370. The minimum absolute atomic E-state index is 0.117. The molecule has 1 saturated carbocycles. The van der Waals surface area contributed by atoms with Crippen molar-refractivity contribution in [3.05, 3.63) is 65.1 Å². The maximum Gasteiger partial charge on any atom is 0.261 e. The highest BCUT2D eigenvalue weighted by molar-refractivity contribution is 7.12. The van der Waals surface area contributed by atoms with Gasteiger partial charge in [-0.15, -0.1) is 11.3 Å². The van der Waals surface area contributed by atoms with E-state index in [1.807, 2.05) is 23.8 Å². The molecule has 0 unspecified atom stereocenters. The Balaban J connectivity index is 1.19. The van der Waals surface area contributed by atoms with Gasteiger partial charge >= 0.3 is 0 Å². The number of nitrogens with zero attached hydrogens (tertiary/aromatic N) is 4. The molecular weight excluding hydrogens is 470 g/mol.